The van der Waals surface area contributed by atoms with E-state index in [1.54, 1.807) is 20.8 Å². The number of rotatable bonds is 5. The standard InChI is InChI=1S/C20H24F2N4O6/c1-19(2,3)32-16(29)15(28)20(4)17(30)24(9-10-31-20)13-7-8-26(23-13)12-5-6-14(27)25(11-12)18(21)22/h5-8,11,15,18,28H,9-10H2,1-4H3/t15?,20-/m1/s1. The molecular weight excluding hydrogens is 430 g/mol. The molecule has 10 nitrogen and oxygen atoms in total. The monoisotopic (exact) mass is 454 g/mol. The van der Waals surface area contributed by atoms with E-state index in [-0.39, 0.29) is 29.2 Å². The molecule has 1 aliphatic rings. The third-order valence-electron chi connectivity index (χ3n) is 4.79. The Balaban J connectivity index is 1.86. The van der Waals surface area contributed by atoms with Crippen LogP contribution in [0.4, 0.5) is 14.6 Å². The normalized spacial score (nSPS) is 20.5. The predicted octanol–water partition coefficient (Wildman–Crippen LogP) is 1.25. The van der Waals surface area contributed by atoms with Crippen LogP contribution in [0.1, 0.15) is 34.2 Å². The molecule has 3 heterocycles. The lowest BCUT2D eigenvalue weighted by Gasteiger charge is -2.40. The van der Waals surface area contributed by atoms with Crippen LogP contribution >= 0.6 is 0 Å². The number of pyridine rings is 1. The molecule has 0 saturated carbocycles. The number of aliphatic hydroxyl groups excluding tert-OH is 1. The summed E-state index contributed by atoms with van der Waals surface area (Å²) in [6, 6.07) is 3.76. The van der Waals surface area contributed by atoms with Crippen molar-refractivity contribution < 1.29 is 33.0 Å². The summed E-state index contributed by atoms with van der Waals surface area (Å²) < 4.78 is 38.1. The number of carbonyl (C=O) groups excluding carboxylic acids is 2. The molecule has 32 heavy (non-hydrogen) atoms. The number of hydrogen-bond acceptors (Lipinski definition) is 7. The maximum Gasteiger partial charge on any atom is 0.339 e. The lowest BCUT2D eigenvalue weighted by molar-refractivity contribution is -0.191. The van der Waals surface area contributed by atoms with Crippen LogP contribution in [0.15, 0.2) is 35.4 Å². The Bertz CT molecular complexity index is 1080. The average molecular weight is 454 g/mol. The highest BCUT2D eigenvalue weighted by atomic mass is 19.3. The van der Waals surface area contributed by atoms with Gasteiger partial charge in [-0.25, -0.2) is 9.48 Å². The highest BCUT2D eigenvalue weighted by Crippen LogP contribution is 2.28. The molecule has 0 aliphatic carbocycles. The van der Waals surface area contributed by atoms with Gasteiger partial charge in [0, 0.05) is 24.5 Å². The zero-order valence-corrected chi connectivity index (χ0v) is 18.0. The third kappa shape index (κ3) is 4.55. The van der Waals surface area contributed by atoms with Crippen LogP contribution in [0, 0.1) is 0 Å². The Kier molecular flexibility index (Phi) is 6.20. The maximum atomic E-state index is 13.1. The first-order valence-electron chi connectivity index (χ1n) is 9.77. The molecule has 0 radical (unpaired) electrons. The number of morpholine rings is 1. The van der Waals surface area contributed by atoms with Crippen molar-refractivity contribution in [1.29, 1.82) is 0 Å². The minimum absolute atomic E-state index is 0.00518. The molecule has 2 atom stereocenters. The first kappa shape index (κ1) is 23.5. The zero-order valence-electron chi connectivity index (χ0n) is 18.0. The van der Waals surface area contributed by atoms with Gasteiger partial charge in [0.1, 0.15) is 5.60 Å². The smallest absolute Gasteiger partial charge is 0.339 e. The molecule has 0 bridgehead atoms. The summed E-state index contributed by atoms with van der Waals surface area (Å²) in [7, 11) is 0. The Morgan fingerprint density at radius 3 is 2.59 bits per heavy atom. The number of carbonyl (C=O) groups is 2. The number of esters is 1. The number of hydrogen-bond donors (Lipinski definition) is 1. The minimum atomic E-state index is -3.02. The van der Waals surface area contributed by atoms with Crippen LogP contribution in [0.5, 0.6) is 0 Å². The third-order valence-corrected chi connectivity index (χ3v) is 4.79. The summed E-state index contributed by atoms with van der Waals surface area (Å²) >= 11 is 0. The van der Waals surface area contributed by atoms with E-state index in [9.17, 15) is 28.3 Å². The van der Waals surface area contributed by atoms with Crippen LogP contribution in [0.3, 0.4) is 0 Å². The summed E-state index contributed by atoms with van der Waals surface area (Å²) in [6.45, 7) is 3.23. The fourth-order valence-electron chi connectivity index (χ4n) is 3.16. The second-order valence-corrected chi connectivity index (χ2v) is 8.38. The van der Waals surface area contributed by atoms with Gasteiger partial charge in [-0.05, 0) is 33.8 Å². The lowest BCUT2D eigenvalue weighted by Crippen LogP contribution is -2.63. The minimum Gasteiger partial charge on any atom is -0.458 e. The van der Waals surface area contributed by atoms with Crippen molar-refractivity contribution in [2.45, 2.75) is 51.6 Å². The quantitative estimate of drug-likeness (QED) is 0.676. The summed E-state index contributed by atoms with van der Waals surface area (Å²) in [5, 5.41) is 14.7. The van der Waals surface area contributed by atoms with Crippen LogP contribution < -0.4 is 10.5 Å². The van der Waals surface area contributed by atoms with E-state index in [2.05, 4.69) is 5.10 Å². The lowest BCUT2D eigenvalue weighted by atomic mass is 9.95. The summed E-state index contributed by atoms with van der Waals surface area (Å²) in [5.41, 5.74) is -3.48. The molecule has 0 aromatic carbocycles. The van der Waals surface area contributed by atoms with E-state index in [0.717, 1.165) is 12.3 Å². The molecule has 3 rings (SSSR count). The van der Waals surface area contributed by atoms with E-state index >= 15 is 0 Å². The van der Waals surface area contributed by atoms with Crippen molar-refractivity contribution in [3.63, 3.8) is 0 Å². The first-order chi connectivity index (χ1) is 14.8. The van der Waals surface area contributed by atoms with Crippen molar-refractivity contribution in [2.24, 2.45) is 0 Å². The van der Waals surface area contributed by atoms with Gasteiger partial charge in [-0.2, -0.15) is 8.78 Å². The Labute approximate surface area is 181 Å². The highest BCUT2D eigenvalue weighted by molar-refractivity contribution is 6.02. The molecule has 1 N–H and O–H groups in total. The van der Waals surface area contributed by atoms with E-state index in [1.807, 2.05) is 0 Å². The summed E-state index contributed by atoms with van der Waals surface area (Å²) in [5.74, 6) is -1.57. The van der Waals surface area contributed by atoms with Crippen molar-refractivity contribution in [3.8, 4) is 5.69 Å². The number of aromatic nitrogens is 3. The van der Waals surface area contributed by atoms with Crippen molar-refractivity contribution in [1.82, 2.24) is 14.3 Å². The number of amides is 1. The predicted molar refractivity (Wildman–Crippen MR) is 108 cm³/mol. The maximum absolute atomic E-state index is 13.1. The van der Waals surface area contributed by atoms with Gasteiger partial charge in [0.2, 0.25) is 0 Å². The van der Waals surface area contributed by atoms with Crippen molar-refractivity contribution in [2.75, 3.05) is 18.1 Å². The molecule has 1 aliphatic heterocycles. The largest absolute Gasteiger partial charge is 0.458 e. The number of anilines is 1. The molecule has 1 saturated heterocycles. The van der Waals surface area contributed by atoms with Gasteiger partial charge in [-0.3, -0.25) is 19.1 Å². The van der Waals surface area contributed by atoms with Gasteiger partial charge in [-0.1, -0.05) is 0 Å². The number of halogens is 2. The highest BCUT2D eigenvalue weighted by Gasteiger charge is 2.52. The molecule has 1 unspecified atom stereocenters. The fourth-order valence-corrected chi connectivity index (χ4v) is 3.16. The SMILES string of the molecule is CC(C)(C)OC(=O)C(O)[C@@]1(C)OCCN(c2ccn(-c3ccc(=O)n(C(F)F)c3)n2)C1=O. The van der Waals surface area contributed by atoms with E-state index in [4.69, 9.17) is 9.47 Å². The summed E-state index contributed by atoms with van der Waals surface area (Å²) in [6.07, 6.45) is 0.491. The average Bonchev–Trinajstić information content (AvgIpc) is 3.18. The van der Waals surface area contributed by atoms with E-state index in [0.29, 0.717) is 0 Å². The van der Waals surface area contributed by atoms with Crippen LogP contribution in [0.25, 0.3) is 5.69 Å². The van der Waals surface area contributed by atoms with Crippen LogP contribution in [-0.4, -0.2) is 61.8 Å². The van der Waals surface area contributed by atoms with Gasteiger partial charge in [-0.15, -0.1) is 5.10 Å². The number of alkyl halides is 2. The van der Waals surface area contributed by atoms with Gasteiger partial charge in [0.25, 0.3) is 11.5 Å². The first-order valence-corrected chi connectivity index (χ1v) is 9.77. The number of nitrogens with zero attached hydrogens (tertiary/aromatic N) is 4. The topological polar surface area (TPSA) is 116 Å². The van der Waals surface area contributed by atoms with Crippen LogP contribution in [-0.2, 0) is 19.1 Å². The number of aliphatic hydroxyl groups is 1. The van der Waals surface area contributed by atoms with Gasteiger partial charge < -0.3 is 14.6 Å². The number of ether oxygens (including phenoxy) is 2. The molecule has 12 heteroatoms. The van der Waals surface area contributed by atoms with Gasteiger partial charge in [0.05, 0.1) is 18.8 Å². The second-order valence-electron chi connectivity index (χ2n) is 8.38. The van der Waals surface area contributed by atoms with E-state index < -0.39 is 41.3 Å². The second kappa shape index (κ2) is 8.43. The Hall–Kier alpha value is -3.12. The van der Waals surface area contributed by atoms with Crippen LogP contribution in [0.2, 0.25) is 0 Å². The van der Waals surface area contributed by atoms with Crippen molar-refractivity contribution >= 4 is 17.7 Å². The Morgan fingerprint density at radius 1 is 1.28 bits per heavy atom. The van der Waals surface area contributed by atoms with Gasteiger partial charge in [0.15, 0.2) is 17.5 Å². The molecule has 1 amide bonds. The molecule has 0 spiro atoms. The molecule has 174 valence electrons. The molecule has 1 fully saturated rings. The Morgan fingerprint density at radius 2 is 1.97 bits per heavy atom. The fraction of sp³-hybridized carbons (Fsp3) is 0.500. The van der Waals surface area contributed by atoms with E-state index in [1.165, 1.54) is 34.8 Å². The van der Waals surface area contributed by atoms with Gasteiger partial charge >= 0.3 is 12.5 Å². The zero-order chi connectivity index (χ0) is 23.8. The molecular formula is C20H24F2N4O6. The summed E-state index contributed by atoms with van der Waals surface area (Å²) in [4.78, 5) is 38.2. The molecule has 2 aromatic heterocycles. The molecule has 2 aromatic rings. The van der Waals surface area contributed by atoms with Crippen molar-refractivity contribution in [3.05, 3.63) is 40.9 Å².